The van der Waals surface area contributed by atoms with Crippen LogP contribution in [0, 0.1) is 5.82 Å². The van der Waals surface area contributed by atoms with Gasteiger partial charge < -0.3 is 14.8 Å². The number of halogens is 1. The second-order valence-electron chi connectivity index (χ2n) is 8.26. The number of hydrogen-bond donors (Lipinski definition) is 2. The molecule has 1 aliphatic rings. The van der Waals surface area contributed by atoms with Crippen molar-refractivity contribution in [2.45, 2.75) is 13.3 Å². The maximum atomic E-state index is 13.4. The molecule has 3 aromatic rings. The fourth-order valence-corrected chi connectivity index (χ4v) is 3.88. The summed E-state index contributed by atoms with van der Waals surface area (Å²) in [6.07, 6.45) is 3.51. The standard InChI is InChI=1S/C29H26FN3O5/c1-3-9-20-14-19(15-24-28(35)32-33(29(24)36)23-12-6-5-7-13-23)16-25(37-4-2)27(20)38-18-26(34)31-22-11-8-10-21(30)17-22/h3,5-8,10-17H,1,4,9,18H2,2H3,(H,31,34)(H,32,35)/b24-15-. The molecule has 38 heavy (non-hydrogen) atoms. The van der Waals surface area contributed by atoms with Gasteiger partial charge in [0.2, 0.25) is 0 Å². The largest absolute Gasteiger partial charge is 0.490 e. The Bertz CT molecular complexity index is 1400. The number of benzene rings is 3. The van der Waals surface area contributed by atoms with Crippen LogP contribution < -0.4 is 25.2 Å². The van der Waals surface area contributed by atoms with E-state index in [0.29, 0.717) is 47.0 Å². The first kappa shape index (κ1) is 26.2. The summed E-state index contributed by atoms with van der Waals surface area (Å²) in [7, 11) is 0. The van der Waals surface area contributed by atoms with Gasteiger partial charge in [0, 0.05) is 11.3 Å². The maximum Gasteiger partial charge on any atom is 0.282 e. The smallest absolute Gasteiger partial charge is 0.282 e. The monoisotopic (exact) mass is 515 g/mol. The molecule has 0 aromatic heterocycles. The number of hydrazine groups is 1. The van der Waals surface area contributed by atoms with E-state index in [1.54, 1.807) is 55.5 Å². The fraction of sp³-hybridized carbons (Fsp3) is 0.138. The molecule has 3 aromatic carbocycles. The number of ether oxygens (including phenoxy) is 2. The molecular formula is C29H26FN3O5. The molecule has 0 spiro atoms. The van der Waals surface area contributed by atoms with Crippen molar-refractivity contribution in [3.8, 4) is 11.5 Å². The van der Waals surface area contributed by atoms with Crippen LogP contribution in [-0.2, 0) is 20.8 Å². The highest BCUT2D eigenvalue weighted by Crippen LogP contribution is 2.35. The van der Waals surface area contributed by atoms with Crippen LogP contribution in [0.3, 0.4) is 0 Å². The Labute approximate surface area is 219 Å². The number of carbonyl (C=O) groups excluding carboxylic acids is 3. The molecule has 1 saturated heterocycles. The van der Waals surface area contributed by atoms with Gasteiger partial charge in [-0.05, 0) is 67.4 Å². The molecule has 2 N–H and O–H groups in total. The molecule has 0 saturated carbocycles. The van der Waals surface area contributed by atoms with Crippen molar-refractivity contribution >= 4 is 35.2 Å². The van der Waals surface area contributed by atoms with E-state index >= 15 is 0 Å². The Morgan fingerprint density at radius 3 is 2.58 bits per heavy atom. The molecule has 0 unspecified atom stereocenters. The average Bonchev–Trinajstić information content (AvgIpc) is 3.17. The predicted molar refractivity (Wildman–Crippen MR) is 142 cm³/mol. The lowest BCUT2D eigenvalue weighted by molar-refractivity contribution is -0.118. The number of para-hydroxylation sites is 1. The summed E-state index contributed by atoms with van der Waals surface area (Å²) in [5, 5.41) is 3.77. The molecule has 0 radical (unpaired) electrons. The third-order valence-electron chi connectivity index (χ3n) is 5.49. The molecule has 0 atom stereocenters. The maximum absolute atomic E-state index is 13.4. The van der Waals surface area contributed by atoms with Crippen molar-refractivity contribution < 1.29 is 28.2 Å². The zero-order valence-electron chi connectivity index (χ0n) is 20.7. The zero-order valence-corrected chi connectivity index (χ0v) is 20.7. The summed E-state index contributed by atoms with van der Waals surface area (Å²) in [5.74, 6) is -1.31. The molecule has 1 heterocycles. The van der Waals surface area contributed by atoms with E-state index in [1.165, 1.54) is 29.3 Å². The number of allylic oxidation sites excluding steroid dienone is 1. The van der Waals surface area contributed by atoms with E-state index in [1.807, 2.05) is 6.07 Å². The van der Waals surface area contributed by atoms with Crippen molar-refractivity contribution in [2.24, 2.45) is 0 Å². The average molecular weight is 516 g/mol. The lowest BCUT2D eigenvalue weighted by Crippen LogP contribution is -2.35. The molecule has 1 aliphatic heterocycles. The van der Waals surface area contributed by atoms with Crippen LogP contribution >= 0.6 is 0 Å². The van der Waals surface area contributed by atoms with Gasteiger partial charge in [-0.15, -0.1) is 6.58 Å². The Kier molecular flexibility index (Phi) is 8.17. The summed E-state index contributed by atoms with van der Waals surface area (Å²) in [6.45, 7) is 5.53. The Hall–Kier alpha value is -4.92. The number of amides is 3. The van der Waals surface area contributed by atoms with Gasteiger partial charge in [-0.1, -0.05) is 30.3 Å². The van der Waals surface area contributed by atoms with E-state index in [2.05, 4.69) is 17.3 Å². The van der Waals surface area contributed by atoms with Crippen LogP contribution in [0.1, 0.15) is 18.1 Å². The van der Waals surface area contributed by atoms with E-state index in [4.69, 9.17) is 9.47 Å². The lowest BCUT2D eigenvalue weighted by Gasteiger charge is -2.17. The molecule has 1 fully saturated rings. The quantitative estimate of drug-likeness (QED) is 0.237. The molecule has 194 valence electrons. The lowest BCUT2D eigenvalue weighted by atomic mass is 10.0. The van der Waals surface area contributed by atoms with E-state index < -0.39 is 23.5 Å². The minimum Gasteiger partial charge on any atom is -0.490 e. The highest BCUT2D eigenvalue weighted by molar-refractivity contribution is 6.31. The van der Waals surface area contributed by atoms with Crippen molar-refractivity contribution in [2.75, 3.05) is 23.5 Å². The summed E-state index contributed by atoms with van der Waals surface area (Å²) in [4.78, 5) is 38.1. The van der Waals surface area contributed by atoms with Crippen molar-refractivity contribution in [3.05, 3.63) is 102 Å². The topological polar surface area (TPSA) is 97.0 Å². The molecule has 0 aliphatic carbocycles. The third kappa shape index (κ3) is 6.07. The predicted octanol–water partition coefficient (Wildman–Crippen LogP) is 4.43. The first-order valence-corrected chi connectivity index (χ1v) is 11.9. The second kappa shape index (κ2) is 11.9. The zero-order chi connectivity index (χ0) is 27.1. The van der Waals surface area contributed by atoms with Crippen LogP contribution in [0.2, 0.25) is 0 Å². The number of hydrogen-bond acceptors (Lipinski definition) is 5. The summed E-state index contributed by atoms with van der Waals surface area (Å²) >= 11 is 0. The van der Waals surface area contributed by atoms with Crippen molar-refractivity contribution in [3.63, 3.8) is 0 Å². The van der Waals surface area contributed by atoms with Gasteiger partial charge >= 0.3 is 0 Å². The normalized spacial score (nSPS) is 13.8. The minimum atomic E-state index is -0.531. The van der Waals surface area contributed by atoms with Crippen LogP contribution in [0.15, 0.2) is 85.0 Å². The number of anilines is 2. The van der Waals surface area contributed by atoms with Crippen LogP contribution in [0.25, 0.3) is 6.08 Å². The first-order chi connectivity index (χ1) is 18.4. The molecular weight excluding hydrogens is 489 g/mol. The van der Waals surface area contributed by atoms with Crippen molar-refractivity contribution in [1.82, 2.24) is 5.43 Å². The molecule has 8 nitrogen and oxygen atoms in total. The van der Waals surface area contributed by atoms with Crippen LogP contribution in [0.5, 0.6) is 11.5 Å². The van der Waals surface area contributed by atoms with Crippen LogP contribution in [0.4, 0.5) is 15.8 Å². The minimum absolute atomic E-state index is 0.0380. The fourth-order valence-electron chi connectivity index (χ4n) is 3.88. The van der Waals surface area contributed by atoms with E-state index in [9.17, 15) is 18.8 Å². The molecule has 4 rings (SSSR count). The van der Waals surface area contributed by atoms with Crippen molar-refractivity contribution in [1.29, 1.82) is 0 Å². The summed E-state index contributed by atoms with van der Waals surface area (Å²) in [5.41, 5.74) is 4.56. The van der Waals surface area contributed by atoms with E-state index in [-0.39, 0.29) is 12.2 Å². The Balaban J connectivity index is 1.59. The SMILES string of the molecule is C=CCc1cc(/C=C2/C(=O)NN(c3ccccc3)C2=O)cc(OCC)c1OCC(=O)Nc1cccc(F)c1. The number of carbonyl (C=O) groups is 3. The highest BCUT2D eigenvalue weighted by atomic mass is 19.1. The van der Waals surface area contributed by atoms with Gasteiger partial charge in [-0.2, -0.15) is 0 Å². The van der Waals surface area contributed by atoms with Gasteiger partial charge in [0.1, 0.15) is 11.4 Å². The first-order valence-electron chi connectivity index (χ1n) is 11.9. The molecule has 3 amide bonds. The van der Waals surface area contributed by atoms with Gasteiger partial charge in [0.05, 0.1) is 12.3 Å². The third-order valence-corrected chi connectivity index (χ3v) is 5.49. The Morgan fingerprint density at radius 1 is 1.08 bits per heavy atom. The number of rotatable bonds is 10. The summed E-state index contributed by atoms with van der Waals surface area (Å²) < 4.78 is 25.0. The second-order valence-corrected chi connectivity index (χ2v) is 8.26. The Morgan fingerprint density at radius 2 is 1.87 bits per heavy atom. The van der Waals surface area contributed by atoms with E-state index in [0.717, 1.165) is 0 Å². The highest BCUT2D eigenvalue weighted by Gasteiger charge is 2.34. The van der Waals surface area contributed by atoms with Gasteiger partial charge in [0.25, 0.3) is 17.7 Å². The number of nitrogens with one attached hydrogen (secondary N) is 2. The summed E-state index contributed by atoms with van der Waals surface area (Å²) in [6, 6.07) is 17.7. The van der Waals surface area contributed by atoms with Crippen LogP contribution in [-0.4, -0.2) is 30.9 Å². The van der Waals surface area contributed by atoms with Gasteiger partial charge in [-0.25, -0.2) is 9.40 Å². The van der Waals surface area contributed by atoms with Gasteiger partial charge in [0.15, 0.2) is 18.1 Å². The molecule has 0 bridgehead atoms. The number of nitrogens with zero attached hydrogens (tertiary/aromatic N) is 1. The molecule has 9 heteroatoms. The van der Waals surface area contributed by atoms with Gasteiger partial charge in [-0.3, -0.25) is 19.8 Å².